The predicted octanol–water partition coefficient (Wildman–Crippen LogP) is 2.43. The number of rotatable bonds is 2. The van der Waals surface area contributed by atoms with Gasteiger partial charge in [0, 0.05) is 13.1 Å². The summed E-state index contributed by atoms with van der Waals surface area (Å²) >= 11 is 0. The van der Waals surface area contributed by atoms with Crippen molar-refractivity contribution in [3.05, 3.63) is 0 Å². The second-order valence-corrected chi connectivity index (χ2v) is 8.11. The molecule has 0 spiro atoms. The lowest BCUT2D eigenvalue weighted by Crippen LogP contribution is -2.48. The largest absolute Gasteiger partial charge is 0.443 e. The van der Waals surface area contributed by atoms with E-state index >= 15 is 0 Å². The molecule has 7 nitrogen and oxygen atoms in total. The number of aliphatic hydroxyl groups is 1. The first-order chi connectivity index (χ1) is 10.3. The molecule has 1 saturated heterocycles. The number of carbonyl (C=O) groups is 2. The van der Waals surface area contributed by atoms with E-state index in [1.54, 1.807) is 41.5 Å². The quantitative estimate of drug-likeness (QED) is 0.838. The molecule has 0 aromatic carbocycles. The Morgan fingerprint density at radius 1 is 1.04 bits per heavy atom. The molecular formula is C16H30N2O5. The second kappa shape index (κ2) is 7.05. The van der Waals surface area contributed by atoms with Crippen molar-refractivity contribution in [1.29, 1.82) is 0 Å². The van der Waals surface area contributed by atoms with Gasteiger partial charge in [0.2, 0.25) is 0 Å². The zero-order chi connectivity index (χ0) is 18.0. The number of hydrogen-bond acceptors (Lipinski definition) is 6. The number of hydrogen-bond donors (Lipinski definition) is 1. The van der Waals surface area contributed by atoms with E-state index in [0.717, 1.165) is 4.90 Å². The fourth-order valence-electron chi connectivity index (χ4n) is 2.19. The van der Waals surface area contributed by atoms with Crippen LogP contribution in [0.4, 0.5) is 9.59 Å². The van der Waals surface area contributed by atoms with Gasteiger partial charge in [-0.15, -0.1) is 0 Å². The van der Waals surface area contributed by atoms with E-state index in [1.807, 2.05) is 11.8 Å². The molecule has 1 rings (SSSR count). The maximum atomic E-state index is 12.4. The monoisotopic (exact) mass is 330 g/mol. The molecule has 1 aliphatic heterocycles. The Morgan fingerprint density at radius 2 is 1.48 bits per heavy atom. The third kappa shape index (κ3) is 6.74. The molecule has 0 aromatic rings. The molecule has 1 aliphatic rings. The molecule has 2 unspecified atom stereocenters. The van der Waals surface area contributed by atoms with Crippen molar-refractivity contribution < 1.29 is 24.2 Å². The van der Waals surface area contributed by atoms with Crippen LogP contribution in [0.3, 0.4) is 0 Å². The average Bonchev–Trinajstić information content (AvgIpc) is 2.60. The maximum absolute atomic E-state index is 12.4. The molecule has 23 heavy (non-hydrogen) atoms. The SMILES string of the molecule is CC1CN(CN(C(=O)OC(C)(C)C)C(=O)OC(C)(C)C)CC1O. The summed E-state index contributed by atoms with van der Waals surface area (Å²) in [5, 5.41) is 9.84. The van der Waals surface area contributed by atoms with Crippen LogP contribution in [0.15, 0.2) is 0 Å². The maximum Gasteiger partial charge on any atom is 0.420 e. The molecule has 2 atom stereocenters. The molecule has 7 heteroatoms. The highest BCUT2D eigenvalue weighted by Crippen LogP contribution is 2.19. The lowest BCUT2D eigenvalue weighted by atomic mass is 10.1. The minimum Gasteiger partial charge on any atom is -0.443 e. The standard InChI is InChI=1S/C16H30N2O5/c1-11-8-17(9-12(11)19)10-18(13(20)22-15(2,3)4)14(21)23-16(5,6)7/h11-12,19H,8-10H2,1-7H3. The van der Waals surface area contributed by atoms with Crippen molar-refractivity contribution in [2.45, 2.75) is 65.8 Å². The molecule has 1 fully saturated rings. The number of amides is 2. The summed E-state index contributed by atoms with van der Waals surface area (Å²) < 4.78 is 10.6. The summed E-state index contributed by atoms with van der Waals surface area (Å²) in [6, 6.07) is 0. The zero-order valence-electron chi connectivity index (χ0n) is 15.3. The highest BCUT2D eigenvalue weighted by Gasteiger charge is 2.35. The zero-order valence-corrected chi connectivity index (χ0v) is 15.3. The third-order valence-corrected chi connectivity index (χ3v) is 3.22. The molecule has 0 saturated carbocycles. The average molecular weight is 330 g/mol. The van der Waals surface area contributed by atoms with Crippen molar-refractivity contribution >= 4 is 12.2 Å². The summed E-state index contributed by atoms with van der Waals surface area (Å²) in [4.78, 5) is 27.5. The summed E-state index contributed by atoms with van der Waals surface area (Å²) in [5.41, 5.74) is -1.43. The van der Waals surface area contributed by atoms with Gasteiger partial charge in [0.25, 0.3) is 0 Å². The number of imide groups is 1. The highest BCUT2D eigenvalue weighted by molar-refractivity contribution is 5.88. The topological polar surface area (TPSA) is 79.3 Å². The molecule has 2 amide bonds. The van der Waals surface area contributed by atoms with Crippen LogP contribution in [0.5, 0.6) is 0 Å². The van der Waals surface area contributed by atoms with Crippen LogP contribution in [0, 0.1) is 5.92 Å². The first kappa shape index (κ1) is 19.7. The minimum absolute atomic E-state index is 0.0330. The number of nitrogens with zero attached hydrogens (tertiary/aromatic N) is 2. The van der Waals surface area contributed by atoms with Gasteiger partial charge in [0.15, 0.2) is 0 Å². The van der Waals surface area contributed by atoms with E-state index in [1.165, 1.54) is 0 Å². The molecule has 1 heterocycles. The van der Waals surface area contributed by atoms with Gasteiger partial charge in [0.05, 0.1) is 12.8 Å². The number of aliphatic hydroxyl groups excluding tert-OH is 1. The molecule has 0 aliphatic carbocycles. The van der Waals surface area contributed by atoms with Gasteiger partial charge < -0.3 is 14.6 Å². The van der Waals surface area contributed by atoms with Crippen LogP contribution in [-0.2, 0) is 9.47 Å². The molecule has 0 aromatic heterocycles. The van der Waals surface area contributed by atoms with Gasteiger partial charge in [-0.05, 0) is 47.5 Å². The number of β-amino-alcohol motifs (C(OH)–C–C–N with tert-alkyl or cyclic N) is 1. The van der Waals surface area contributed by atoms with Gasteiger partial charge in [-0.3, -0.25) is 4.90 Å². The molecule has 0 bridgehead atoms. The molecule has 134 valence electrons. The van der Waals surface area contributed by atoms with Crippen molar-refractivity contribution in [3.63, 3.8) is 0 Å². The first-order valence-corrected chi connectivity index (χ1v) is 7.92. The fourth-order valence-corrected chi connectivity index (χ4v) is 2.19. The summed E-state index contributed by atoms with van der Waals surface area (Å²) in [5.74, 6) is 0.0918. The molecule has 0 radical (unpaired) electrons. The Labute approximate surface area is 138 Å². The highest BCUT2D eigenvalue weighted by atomic mass is 16.6. The van der Waals surface area contributed by atoms with Crippen LogP contribution in [0.2, 0.25) is 0 Å². The van der Waals surface area contributed by atoms with Crippen LogP contribution < -0.4 is 0 Å². The lowest BCUT2D eigenvalue weighted by molar-refractivity contribution is -0.00884. The summed E-state index contributed by atoms with van der Waals surface area (Å²) in [7, 11) is 0. The van der Waals surface area contributed by atoms with Gasteiger partial charge in [-0.2, -0.15) is 4.90 Å². The summed E-state index contributed by atoms with van der Waals surface area (Å²) in [6.45, 7) is 13.4. The smallest absolute Gasteiger partial charge is 0.420 e. The minimum atomic E-state index is -0.749. The van der Waals surface area contributed by atoms with E-state index < -0.39 is 29.5 Å². The Hall–Kier alpha value is -1.34. The van der Waals surface area contributed by atoms with E-state index in [0.29, 0.717) is 13.1 Å². The van der Waals surface area contributed by atoms with E-state index in [4.69, 9.17) is 9.47 Å². The van der Waals surface area contributed by atoms with Crippen molar-refractivity contribution in [3.8, 4) is 0 Å². The fraction of sp³-hybridized carbons (Fsp3) is 0.875. The summed E-state index contributed by atoms with van der Waals surface area (Å²) in [6.07, 6.45) is -1.96. The van der Waals surface area contributed by atoms with E-state index in [-0.39, 0.29) is 12.6 Å². The Morgan fingerprint density at radius 3 is 1.78 bits per heavy atom. The molecule has 1 N–H and O–H groups in total. The first-order valence-electron chi connectivity index (χ1n) is 7.92. The van der Waals surface area contributed by atoms with Crippen LogP contribution in [-0.4, -0.2) is 64.2 Å². The van der Waals surface area contributed by atoms with Gasteiger partial charge in [0.1, 0.15) is 11.2 Å². The van der Waals surface area contributed by atoms with Gasteiger partial charge in [-0.1, -0.05) is 6.92 Å². The predicted molar refractivity (Wildman–Crippen MR) is 85.9 cm³/mol. The van der Waals surface area contributed by atoms with Crippen LogP contribution in [0.25, 0.3) is 0 Å². The Kier molecular flexibility index (Phi) is 6.04. The van der Waals surface area contributed by atoms with Crippen LogP contribution >= 0.6 is 0 Å². The Balaban J connectivity index is 2.84. The number of ether oxygens (including phenoxy) is 2. The third-order valence-electron chi connectivity index (χ3n) is 3.22. The van der Waals surface area contributed by atoms with Gasteiger partial charge >= 0.3 is 12.2 Å². The number of carbonyl (C=O) groups excluding carboxylic acids is 2. The van der Waals surface area contributed by atoms with Crippen molar-refractivity contribution in [1.82, 2.24) is 9.80 Å². The van der Waals surface area contributed by atoms with Crippen LogP contribution in [0.1, 0.15) is 48.5 Å². The second-order valence-electron chi connectivity index (χ2n) is 8.11. The normalized spacial score (nSPS) is 22.8. The van der Waals surface area contributed by atoms with E-state index in [9.17, 15) is 14.7 Å². The lowest BCUT2D eigenvalue weighted by Gasteiger charge is -2.30. The van der Waals surface area contributed by atoms with Crippen molar-refractivity contribution in [2.75, 3.05) is 19.8 Å². The Bertz CT molecular complexity index is 401. The number of likely N-dealkylation sites (tertiary alicyclic amines) is 1. The van der Waals surface area contributed by atoms with Crippen molar-refractivity contribution in [2.24, 2.45) is 5.92 Å². The van der Waals surface area contributed by atoms with Gasteiger partial charge in [-0.25, -0.2) is 9.59 Å². The van der Waals surface area contributed by atoms with E-state index in [2.05, 4.69) is 0 Å². The molecular weight excluding hydrogens is 300 g/mol.